The lowest BCUT2D eigenvalue weighted by atomic mass is 10.1. The number of thioether (sulfide) groups is 1. The molecule has 0 bridgehead atoms. The number of pyridine rings is 1. The monoisotopic (exact) mass is 366 g/mol. The number of benzene rings is 1. The van der Waals surface area contributed by atoms with Crippen LogP contribution in [0.25, 0.3) is 0 Å². The predicted octanol–water partition coefficient (Wildman–Crippen LogP) is 5.18. The summed E-state index contributed by atoms with van der Waals surface area (Å²) >= 11 is 3.31. The molecular weight excluding hydrogens is 348 g/mol. The van der Waals surface area contributed by atoms with E-state index in [4.69, 9.17) is 0 Å². The zero-order valence-corrected chi connectivity index (χ0v) is 15.3. The van der Waals surface area contributed by atoms with Gasteiger partial charge in [0.25, 0.3) is 5.91 Å². The predicted molar refractivity (Wildman–Crippen MR) is 105 cm³/mol. The summed E-state index contributed by atoms with van der Waals surface area (Å²) in [6, 6.07) is 12.2. The maximum atomic E-state index is 12.7. The molecule has 126 valence electrons. The Balaban J connectivity index is 1.45. The number of nitrogens with one attached hydrogen (secondary N) is 1. The molecule has 0 fully saturated rings. The molecule has 3 aromatic rings. The lowest BCUT2D eigenvalue weighted by Crippen LogP contribution is -2.12. The number of fused-ring (bicyclic) bond motifs is 1. The molecule has 1 aliphatic rings. The third-order valence-electron chi connectivity index (χ3n) is 4.35. The number of anilines is 1. The van der Waals surface area contributed by atoms with Crippen LogP contribution in [0.15, 0.2) is 58.4 Å². The summed E-state index contributed by atoms with van der Waals surface area (Å²) in [6.45, 7) is 0. The van der Waals surface area contributed by atoms with Gasteiger partial charge in [-0.2, -0.15) is 0 Å². The second-order valence-electron chi connectivity index (χ2n) is 6.06. The summed E-state index contributed by atoms with van der Waals surface area (Å²) in [4.78, 5) is 16.7. The number of aryl methyl sites for hydroxylation is 2. The first-order valence-electron chi connectivity index (χ1n) is 8.32. The van der Waals surface area contributed by atoms with E-state index in [1.165, 1.54) is 23.1 Å². The van der Waals surface area contributed by atoms with Gasteiger partial charge in [0.05, 0.1) is 9.77 Å². The summed E-state index contributed by atoms with van der Waals surface area (Å²) in [7, 11) is 0. The van der Waals surface area contributed by atoms with Gasteiger partial charge in [0.2, 0.25) is 0 Å². The maximum absolute atomic E-state index is 12.7. The van der Waals surface area contributed by atoms with Crippen molar-refractivity contribution in [1.29, 1.82) is 0 Å². The van der Waals surface area contributed by atoms with Crippen LogP contribution < -0.4 is 5.32 Å². The van der Waals surface area contributed by atoms with E-state index < -0.39 is 0 Å². The SMILES string of the molecule is O=C(Nc1ccc2c(c1)CCC2)c1ccsc1SCc1ccncc1. The molecule has 0 saturated carbocycles. The molecule has 4 rings (SSSR count). The number of thiophene rings is 1. The van der Waals surface area contributed by atoms with Gasteiger partial charge in [-0.15, -0.1) is 23.1 Å². The summed E-state index contributed by atoms with van der Waals surface area (Å²) in [5, 5.41) is 5.04. The number of hydrogen-bond donors (Lipinski definition) is 1. The smallest absolute Gasteiger partial charge is 0.257 e. The van der Waals surface area contributed by atoms with Crippen molar-refractivity contribution in [2.45, 2.75) is 29.2 Å². The fourth-order valence-electron chi connectivity index (χ4n) is 3.05. The van der Waals surface area contributed by atoms with Gasteiger partial charge in [0, 0.05) is 23.8 Å². The summed E-state index contributed by atoms with van der Waals surface area (Å²) in [5.74, 6) is 0.804. The van der Waals surface area contributed by atoms with Crippen LogP contribution in [0.2, 0.25) is 0 Å². The van der Waals surface area contributed by atoms with Crippen LogP contribution in [-0.2, 0) is 18.6 Å². The normalized spacial score (nSPS) is 12.8. The van der Waals surface area contributed by atoms with E-state index in [2.05, 4.69) is 22.4 Å². The third-order valence-corrected chi connectivity index (χ3v) is 6.66. The van der Waals surface area contributed by atoms with Gasteiger partial charge in [-0.25, -0.2) is 0 Å². The molecule has 0 saturated heterocycles. The van der Waals surface area contributed by atoms with E-state index in [0.717, 1.165) is 34.1 Å². The maximum Gasteiger partial charge on any atom is 0.257 e. The lowest BCUT2D eigenvalue weighted by Gasteiger charge is -2.08. The highest BCUT2D eigenvalue weighted by Crippen LogP contribution is 2.32. The van der Waals surface area contributed by atoms with Gasteiger partial charge >= 0.3 is 0 Å². The fraction of sp³-hybridized carbons (Fsp3) is 0.200. The molecule has 25 heavy (non-hydrogen) atoms. The molecule has 0 atom stereocenters. The minimum atomic E-state index is -0.0311. The number of nitrogens with zero attached hydrogens (tertiary/aromatic N) is 1. The first-order valence-corrected chi connectivity index (χ1v) is 10.2. The molecule has 1 aliphatic carbocycles. The minimum Gasteiger partial charge on any atom is -0.322 e. The standard InChI is InChI=1S/C20H18N2OS2/c23-19(22-17-5-4-15-2-1-3-16(15)12-17)18-8-11-24-20(18)25-13-14-6-9-21-10-7-14/h4-12H,1-3,13H2,(H,22,23). The van der Waals surface area contributed by atoms with Crippen LogP contribution in [0.4, 0.5) is 5.69 Å². The highest BCUT2D eigenvalue weighted by molar-refractivity contribution is 8.00. The molecule has 1 amide bonds. The van der Waals surface area contributed by atoms with Crippen molar-refractivity contribution in [3.8, 4) is 0 Å². The second kappa shape index (κ2) is 7.42. The lowest BCUT2D eigenvalue weighted by molar-refractivity contribution is 0.102. The van der Waals surface area contributed by atoms with Gasteiger partial charge in [0.15, 0.2) is 0 Å². The molecule has 0 unspecified atom stereocenters. The Bertz CT molecular complexity index is 890. The van der Waals surface area contributed by atoms with Gasteiger partial charge < -0.3 is 5.32 Å². The van der Waals surface area contributed by atoms with Crippen molar-refractivity contribution in [3.05, 3.63) is 76.4 Å². The first-order chi connectivity index (χ1) is 12.3. The van der Waals surface area contributed by atoms with E-state index >= 15 is 0 Å². The van der Waals surface area contributed by atoms with Crippen molar-refractivity contribution in [3.63, 3.8) is 0 Å². The highest BCUT2D eigenvalue weighted by Gasteiger charge is 2.16. The zero-order valence-electron chi connectivity index (χ0n) is 13.7. The second-order valence-corrected chi connectivity index (χ2v) is 8.22. The zero-order chi connectivity index (χ0) is 17.1. The average molecular weight is 367 g/mol. The molecule has 5 heteroatoms. The minimum absolute atomic E-state index is 0.0311. The molecule has 2 heterocycles. The van der Waals surface area contributed by atoms with Crippen LogP contribution in [0.5, 0.6) is 0 Å². The van der Waals surface area contributed by atoms with Gasteiger partial charge in [-0.1, -0.05) is 6.07 Å². The number of rotatable bonds is 5. The van der Waals surface area contributed by atoms with Crippen molar-refractivity contribution < 1.29 is 4.79 Å². The average Bonchev–Trinajstić information content (AvgIpc) is 3.29. The van der Waals surface area contributed by atoms with E-state index in [9.17, 15) is 4.79 Å². The van der Waals surface area contributed by atoms with Crippen LogP contribution in [-0.4, -0.2) is 10.9 Å². The molecule has 2 aromatic heterocycles. The fourth-order valence-corrected chi connectivity index (χ4v) is 5.09. The quantitative estimate of drug-likeness (QED) is 0.633. The largest absolute Gasteiger partial charge is 0.322 e. The first kappa shape index (κ1) is 16.4. The summed E-state index contributed by atoms with van der Waals surface area (Å²) < 4.78 is 1.05. The van der Waals surface area contributed by atoms with Crippen molar-refractivity contribution in [2.24, 2.45) is 0 Å². The summed E-state index contributed by atoms with van der Waals surface area (Å²) in [6.07, 6.45) is 7.08. The van der Waals surface area contributed by atoms with Gasteiger partial charge in [-0.05, 0) is 71.7 Å². The van der Waals surface area contributed by atoms with Crippen LogP contribution in [0.3, 0.4) is 0 Å². The van der Waals surface area contributed by atoms with Crippen LogP contribution >= 0.6 is 23.1 Å². The highest BCUT2D eigenvalue weighted by atomic mass is 32.2. The van der Waals surface area contributed by atoms with Crippen LogP contribution in [0.1, 0.15) is 33.5 Å². The van der Waals surface area contributed by atoms with Crippen molar-refractivity contribution in [1.82, 2.24) is 4.98 Å². The molecule has 3 nitrogen and oxygen atoms in total. The number of carbonyl (C=O) groups excluding carboxylic acids is 1. The molecule has 1 aromatic carbocycles. The number of amides is 1. The Morgan fingerprint density at radius 1 is 1.12 bits per heavy atom. The molecule has 0 radical (unpaired) electrons. The summed E-state index contributed by atoms with van der Waals surface area (Å²) in [5.41, 5.74) is 5.64. The Kier molecular flexibility index (Phi) is 4.85. The molecule has 0 aliphatic heterocycles. The Hall–Kier alpha value is -2.11. The van der Waals surface area contributed by atoms with E-state index in [-0.39, 0.29) is 5.91 Å². The topological polar surface area (TPSA) is 42.0 Å². The number of carbonyl (C=O) groups is 1. The Morgan fingerprint density at radius 3 is 2.84 bits per heavy atom. The molecule has 0 spiro atoms. The van der Waals surface area contributed by atoms with Gasteiger partial charge in [0.1, 0.15) is 0 Å². The third kappa shape index (κ3) is 3.78. The number of hydrogen-bond acceptors (Lipinski definition) is 4. The van der Waals surface area contributed by atoms with E-state index in [1.807, 2.05) is 29.6 Å². The van der Waals surface area contributed by atoms with Gasteiger partial charge in [-0.3, -0.25) is 9.78 Å². The van der Waals surface area contributed by atoms with E-state index in [0.29, 0.717) is 0 Å². The molecular formula is C20H18N2OS2. The molecule has 1 N–H and O–H groups in total. The Morgan fingerprint density at radius 2 is 1.96 bits per heavy atom. The Labute approximate surface area is 155 Å². The van der Waals surface area contributed by atoms with Crippen molar-refractivity contribution >= 4 is 34.7 Å². The van der Waals surface area contributed by atoms with E-state index in [1.54, 1.807) is 35.5 Å². The number of aromatic nitrogens is 1. The van der Waals surface area contributed by atoms with Crippen LogP contribution in [0, 0.1) is 0 Å². The van der Waals surface area contributed by atoms with Crippen molar-refractivity contribution in [2.75, 3.05) is 5.32 Å².